The molecule has 1 unspecified atom stereocenters. The van der Waals surface area contributed by atoms with Gasteiger partial charge in [0.25, 0.3) is 10.2 Å². The maximum Gasteiger partial charge on any atom is 0.276 e. The Morgan fingerprint density at radius 1 is 1.33 bits per heavy atom. The maximum absolute atomic E-state index is 11.0. The number of nitrogens with two attached hydrogens (primary N) is 1. The summed E-state index contributed by atoms with van der Waals surface area (Å²) in [7, 11) is -3.32. The molecule has 0 heterocycles. The summed E-state index contributed by atoms with van der Waals surface area (Å²) in [6.45, 7) is 4.30. The molecule has 0 aromatic heterocycles. The molecule has 0 spiro atoms. The molecule has 0 saturated carbocycles. The summed E-state index contributed by atoms with van der Waals surface area (Å²) in [5.41, 5.74) is 5.52. The summed E-state index contributed by atoms with van der Waals surface area (Å²) in [5.74, 6) is 0. The zero-order valence-electron chi connectivity index (χ0n) is 7.50. The van der Waals surface area contributed by atoms with Crippen LogP contribution in [0.15, 0.2) is 0 Å². The van der Waals surface area contributed by atoms with Gasteiger partial charge in [-0.15, -0.1) is 0 Å². The molecular formula is C6H17N3O2S. The number of rotatable bonds is 6. The van der Waals surface area contributed by atoms with E-state index in [-0.39, 0.29) is 12.6 Å². The first-order valence-corrected chi connectivity index (χ1v) is 5.50. The lowest BCUT2D eigenvalue weighted by Crippen LogP contribution is -2.42. The molecule has 0 aliphatic rings. The molecule has 74 valence electrons. The van der Waals surface area contributed by atoms with E-state index >= 15 is 0 Å². The van der Waals surface area contributed by atoms with Crippen molar-refractivity contribution in [2.45, 2.75) is 26.3 Å². The van der Waals surface area contributed by atoms with E-state index in [0.717, 1.165) is 6.42 Å². The predicted molar refractivity (Wildman–Crippen MR) is 48.9 cm³/mol. The van der Waals surface area contributed by atoms with E-state index < -0.39 is 10.2 Å². The molecule has 0 radical (unpaired) electrons. The fourth-order valence-corrected chi connectivity index (χ4v) is 1.52. The Morgan fingerprint density at radius 2 is 1.92 bits per heavy atom. The largest absolute Gasteiger partial charge is 0.327 e. The molecule has 4 N–H and O–H groups in total. The van der Waals surface area contributed by atoms with Gasteiger partial charge >= 0.3 is 0 Å². The van der Waals surface area contributed by atoms with Gasteiger partial charge in [-0.25, -0.2) is 9.44 Å². The summed E-state index contributed by atoms with van der Waals surface area (Å²) in [5, 5.41) is 0. The van der Waals surface area contributed by atoms with Crippen LogP contribution < -0.4 is 15.2 Å². The first-order valence-electron chi connectivity index (χ1n) is 4.01. The molecule has 5 nitrogen and oxygen atoms in total. The van der Waals surface area contributed by atoms with E-state index in [1.807, 2.05) is 6.92 Å². The van der Waals surface area contributed by atoms with Crippen LogP contribution in [0.4, 0.5) is 0 Å². The van der Waals surface area contributed by atoms with E-state index in [4.69, 9.17) is 5.73 Å². The van der Waals surface area contributed by atoms with Gasteiger partial charge < -0.3 is 5.73 Å². The summed E-state index contributed by atoms with van der Waals surface area (Å²) < 4.78 is 26.6. The highest BCUT2D eigenvalue weighted by Gasteiger charge is 2.08. The fraction of sp³-hybridized carbons (Fsp3) is 1.00. The normalized spacial score (nSPS) is 14.6. The smallest absolute Gasteiger partial charge is 0.276 e. The Kier molecular flexibility index (Phi) is 5.39. The second-order valence-corrected chi connectivity index (χ2v) is 4.10. The Morgan fingerprint density at radius 3 is 2.33 bits per heavy atom. The highest BCUT2D eigenvalue weighted by molar-refractivity contribution is 7.87. The van der Waals surface area contributed by atoms with Gasteiger partial charge in [0.15, 0.2) is 0 Å². The molecule has 0 fully saturated rings. The second kappa shape index (κ2) is 5.47. The molecule has 6 heteroatoms. The average molecular weight is 195 g/mol. The topological polar surface area (TPSA) is 84.2 Å². The van der Waals surface area contributed by atoms with Crippen molar-refractivity contribution in [3.05, 3.63) is 0 Å². The quantitative estimate of drug-likeness (QED) is 0.517. The molecule has 0 aliphatic carbocycles. The standard InChI is InChI=1S/C6H17N3O2S/c1-3-6(7)5-9-12(10,11)8-4-2/h6,8-9H,3-5,7H2,1-2H3. The van der Waals surface area contributed by atoms with Crippen molar-refractivity contribution in [3.8, 4) is 0 Å². The van der Waals surface area contributed by atoms with E-state index in [9.17, 15) is 8.42 Å². The van der Waals surface area contributed by atoms with Crippen LogP contribution in [0, 0.1) is 0 Å². The molecule has 0 aliphatic heterocycles. The van der Waals surface area contributed by atoms with Gasteiger partial charge in [0.05, 0.1) is 0 Å². The molecule has 0 aromatic rings. The third-order valence-electron chi connectivity index (χ3n) is 1.39. The minimum atomic E-state index is -3.32. The molecule has 0 amide bonds. The predicted octanol–water partition coefficient (Wildman–Crippen LogP) is -0.832. The highest BCUT2D eigenvalue weighted by Crippen LogP contribution is 1.84. The van der Waals surface area contributed by atoms with E-state index in [2.05, 4.69) is 9.44 Å². The summed E-state index contributed by atoms with van der Waals surface area (Å²) in [4.78, 5) is 0. The Balaban J connectivity index is 3.76. The zero-order chi connectivity index (χ0) is 9.61. The lowest BCUT2D eigenvalue weighted by Gasteiger charge is -2.10. The van der Waals surface area contributed by atoms with E-state index in [1.54, 1.807) is 6.92 Å². The second-order valence-electron chi connectivity index (χ2n) is 2.52. The van der Waals surface area contributed by atoms with Crippen molar-refractivity contribution in [1.82, 2.24) is 9.44 Å². The first-order chi connectivity index (χ1) is 5.52. The summed E-state index contributed by atoms with van der Waals surface area (Å²) in [6, 6.07) is -0.113. The van der Waals surface area contributed by atoms with Gasteiger partial charge in [0.2, 0.25) is 0 Å². The van der Waals surface area contributed by atoms with Crippen molar-refractivity contribution in [1.29, 1.82) is 0 Å². The van der Waals surface area contributed by atoms with Crippen LogP contribution in [-0.2, 0) is 10.2 Å². The van der Waals surface area contributed by atoms with Crippen LogP contribution in [0.3, 0.4) is 0 Å². The van der Waals surface area contributed by atoms with Crippen molar-refractivity contribution in [2.24, 2.45) is 5.73 Å². The van der Waals surface area contributed by atoms with E-state index in [0.29, 0.717) is 6.54 Å². The molecule has 12 heavy (non-hydrogen) atoms. The Hall–Kier alpha value is -0.170. The first kappa shape index (κ1) is 11.8. The monoisotopic (exact) mass is 195 g/mol. The van der Waals surface area contributed by atoms with Crippen molar-refractivity contribution in [2.75, 3.05) is 13.1 Å². The highest BCUT2D eigenvalue weighted by atomic mass is 32.2. The SMILES string of the molecule is CCNS(=O)(=O)NCC(N)CC. The molecular weight excluding hydrogens is 178 g/mol. The van der Waals surface area contributed by atoms with Gasteiger partial charge in [-0.3, -0.25) is 0 Å². The van der Waals surface area contributed by atoms with Gasteiger partial charge in [0, 0.05) is 19.1 Å². The summed E-state index contributed by atoms with van der Waals surface area (Å²) in [6.07, 6.45) is 0.759. The van der Waals surface area contributed by atoms with Gasteiger partial charge in [0.1, 0.15) is 0 Å². The average Bonchev–Trinajstić information content (AvgIpc) is 2.00. The molecule has 0 rings (SSSR count). The maximum atomic E-state index is 11.0. The van der Waals surface area contributed by atoms with E-state index in [1.165, 1.54) is 0 Å². The zero-order valence-corrected chi connectivity index (χ0v) is 8.32. The fourth-order valence-electron chi connectivity index (χ4n) is 0.602. The Bertz CT molecular complexity index is 203. The molecule has 0 bridgehead atoms. The van der Waals surface area contributed by atoms with Crippen LogP contribution in [0.5, 0.6) is 0 Å². The molecule has 0 aromatic carbocycles. The van der Waals surface area contributed by atoms with Crippen LogP contribution >= 0.6 is 0 Å². The van der Waals surface area contributed by atoms with Crippen LogP contribution in [0.2, 0.25) is 0 Å². The Labute approximate surface area is 73.9 Å². The lowest BCUT2D eigenvalue weighted by atomic mass is 10.2. The van der Waals surface area contributed by atoms with Crippen LogP contribution in [-0.4, -0.2) is 27.5 Å². The van der Waals surface area contributed by atoms with Crippen LogP contribution in [0.1, 0.15) is 20.3 Å². The number of hydrogen-bond acceptors (Lipinski definition) is 3. The van der Waals surface area contributed by atoms with Crippen molar-refractivity contribution in [3.63, 3.8) is 0 Å². The number of hydrogen-bond donors (Lipinski definition) is 3. The third kappa shape index (κ3) is 5.48. The van der Waals surface area contributed by atoms with Crippen molar-refractivity contribution < 1.29 is 8.42 Å². The van der Waals surface area contributed by atoms with Crippen LogP contribution in [0.25, 0.3) is 0 Å². The molecule has 1 atom stereocenters. The number of nitrogens with one attached hydrogen (secondary N) is 2. The van der Waals surface area contributed by atoms with Gasteiger partial charge in [-0.05, 0) is 6.42 Å². The molecule has 0 saturated heterocycles. The third-order valence-corrected chi connectivity index (χ3v) is 2.61. The van der Waals surface area contributed by atoms with Gasteiger partial charge in [-0.2, -0.15) is 8.42 Å². The minimum absolute atomic E-state index is 0.113. The lowest BCUT2D eigenvalue weighted by molar-refractivity contribution is 0.553. The summed E-state index contributed by atoms with van der Waals surface area (Å²) >= 11 is 0. The van der Waals surface area contributed by atoms with Gasteiger partial charge in [-0.1, -0.05) is 13.8 Å². The van der Waals surface area contributed by atoms with Crippen molar-refractivity contribution >= 4 is 10.2 Å². The minimum Gasteiger partial charge on any atom is -0.327 e.